The number of anilines is 6. The zero-order valence-corrected chi connectivity index (χ0v) is 37.8. The highest BCUT2D eigenvalue weighted by molar-refractivity contribution is 7.25. The van der Waals surface area contributed by atoms with E-state index in [1.807, 2.05) is 36.0 Å². The van der Waals surface area contributed by atoms with Gasteiger partial charge in [-0.05, 0) is 103 Å². The molecule has 2 aliphatic rings. The van der Waals surface area contributed by atoms with Crippen LogP contribution in [0.5, 0.6) is 0 Å². The van der Waals surface area contributed by atoms with Gasteiger partial charge in [0.1, 0.15) is 5.65 Å². The fourth-order valence-corrected chi connectivity index (χ4v) is 12.4. The SMILES string of the molecule is c1ccc(-n2c3c(c4cccnc42)-c2ccccc2N(c2ccc4sc5ccc(N6c7ccccc7-c7c(n(-c8cccnc8)c8ccccc78)-c7ccccc76)cc5c4c2)c2ccccc2-3)cc1. The predicted molar refractivity (Wildman–Crippen MR) is 287 cm³/mol. The molecule has 0 N–H and O–H groups in total. The van der Waals surface area contributed by atoms with E-state index >= 15 is 0 Å². The number of aromatic nitrogens is 4. The first kappa shape index (κ1) is 38.1. The molecule has 0 radical (unpaired) electrons. The maximum atomic E-state index is 5.02. The number of fused-ring (bicyclic) bond motifs is 17. The van der Waals surface area contributed by atoms with Gasteiger partial charge in [0.15, 0.2) is 0 Å². The molecule has 0 fully saturated rings. The average molecular weight is 899 g/mol. The van der Waals surface area contributed by atoms with Crippen LogP contribution in [0.2, 0.25) is 0 Å². The van der Waals surface area contributed by atoms with Crippen LogP contribution >= 0.6 is 11.3 Å². The molecule has 13 aromatic rings. The Bertz CT molecular complexity index is 3950. The number of benzene rings is 8. The van der Waals surface area contributed by atoms with Crippen molar-refractivity contribution in [3.05, 3.63) is 231 Å². The van der Waals surface area contributed by atoms with Gasteiger partial charge < -0.3 is 14.4 Å². The van der Waals surface area contributed by atoms with Crippen molar-refractivity contribution in [3.63, 3.8) is 0 Å². The molecule has 0 bridgehead atoms. The van der Waals surface area contributed by atoms with E-state index in [0.29, 0.717) is 0 Å². The number of thiophene rings is 1. The van der Waals surface area contributed by atoms with Crippen LogP contribution < -0.4 is 9.80 Å². The Hall–Kier alpha value is -9.04. The van der Waals surface area contributed by atoms with Crippen molar-refractivity contribution < 1.29 is 0 Å². The van der Waals surface area contributed by atoms with Crippen molar-refractivity contribution in [2.24, 2.45) is 0 Å². The third-order valence-corrected chi connectivity index (χ3v) is 15.3. The van der Waals surface area contributed by atoms with E-state index in [2.05, 4.69) is 230 Å². The van der Waals surface area contributed by atoms with Crippen molar-refractivity contribution in [3.8, 4) is 56.1 Å². The summed E-state index contributed by atoms with van der Waals surface area (Å²) in [4.78, 5) is 14.6. The second-order valence-corrected chi connectivity index (χ2v) is 18.8. The summed E-state index contributed by atoms with van der Waals surface area (Å²) in [6, 6.07) is 77.4. The predicted octanol–water partition coefficient (Wildman–Crippen LogP) is 17.0. The summed E-state index contributed by atoms with van der Waals surface area (Å²) in [5.41, 5.74) is 20.3. The lowest BCUT2D eigenvalue weighted by Crippen LogP contribution is -2.11. The summed E-state index contributed by atoms with van der Waals surface area (Å²) >= 11 is 1.85. The lowest BCUT2D eigenvalue weighted by Gasteiger charge is -2.28. The van der Waals surface area contributed by atoms with Gasteiger partial charge in [0.2, 0.25) is 0 Å². The Balaban J connectivity index is 0.944. The van der Waals surface area contributed by atoms with Crippen molar-refractivity contribution in [2.45, 2.75) is 0 Å². The van der Waals surface area contributed by atoms with Gasteiger partial charge in [-0.15, -0.1) is 11.3 Å². The summed E-state index contributed by atoms with van der Waals surface area (Å²) in [6.45, 7) is 0. The number of para-hydroxylation sites is 6. The first-order valence-electron chi connectivity index (χ1n) is 23.3. The van der Waals surface area contributed by atoms with Crippen molar-refractivity contribution in [1.82, 2.24) is 19.1 Å². The van der Waals surface area contributed by atoms with Crippen LogP contribution in [0.3, 0.4) is 0 Å². The van der Waals surface area contributed by atoms with Gasteiger partial charge in [-0.2, -0.15) is 0 Å². The van der Waals surface area contributed by atoms with Crippen molar-refractivity contribution >= 4 is 87.6 Å². The van der Waals surface area contributed by atoms with Crippen LogP contribution in [-0.2, 0) is 0 Å². The molecule has 2 aliphatic heterocycles. The van der Waals surface area contributed by atoms with E-state index in [1.54, 1.807) is 0 Å². The molecule has 322 valence electrons. The van der Waals surface area contributed by atoms with Gasteiger partial charge in [-0.3, -0.25) is 9.55 Å². The van der Waals surface area contributed by atoms with Crippen molar-refractivity contribution in [1.29, 1.82) is 0 Å². The Morgan fingerprint density at radius 2 is 0.841 bits per heavy atom. The van der Waals surface area contributed by atoms with Gasteiger partial charge >= 0.3 is 0 Å². The van der Waals surface area contributed by atoms with Crippen LogP contribution in [0.1, 0.15) is 0 Å². The third kappa shape index (κ3) is 5.47. The van der Waals surface area contributed by atoms with E-state index in [4.69, 9.17) is 4.98 Å². The van der Waals surface area contributed by atoms with E-state index in [9.17, 15) is 0 Å². The first-order chi connectivity index (χ1) is 34.3. The summed E-state index contributed by atoms with van der Waals surface area (Å²) in [5.74, 6) is 0. The third-order valence-electron chi connectivity index (χ3n) is 14.1. The van der Waals surface area contributed by atoms with Crippen LogP contribution in [0.4, 0.5) is 34.1 Å². The summed E-state index contributed by atoms with van der Waals surface area (Å²) in [7, 11) is 0. The molecule has 0 saturated heterocycles. The Morgan fingerprint density at radius 1 is 0.348 bits per heavy atom. The molecule has 0 aliphatic carbocycles. The molecule has 5 aromatic heterocycles. The van der Waals surface area contributed by atoms with E-state index in [0.717, 1.165) is 90.1 Å². The highest BCUT2D eigenvalue weighted by atomic mass is 32.1. The molecule has 7 heterocycles. The number of nitrogens with zero attached hydrogens (tertiary/aromatic N) is 6. The van der Waals surface area contributed by atoms with E-state index in [-0.39, 0.29) is 0 Å². The molecule has 69 heavy (non-hydrogen) atoms. The standard InChI is InChI=1S/C62H38N6S/c1-2-16-39(17-3-1)68-61-47-23-8-13-29-55(47)66(52-26-10-5-20-44(52)59(61)48-24-15-35-64-62(48)68)41-31-33-57-50(37-41)49-36-40(30-32-56(49)69-57)65-51-25-9-4-19-43(51)58-45-21-6-11-27-53(45)67(42-18-14-34-63-38-42)60(58)46-22-7-12-28-54(46)65/h1-38H. The average Bonchev–Trinajstić information content (AvgIpc) is 4.02. The Morgan fingerprint density at radius 3 is 1.46 bits per heavy atom. The first-order valence-corrected chi connectivity index (χ1v) is 24.1. The normalized spacial score (nSPS) is 12.6. The minimum atomic E-state index is 0.944. The molecule has 7 heteroatoms. The quantitative estimate of drug-likeness (QED) is 0.176. The monoisotopic (exact) mass is 898 g/mol. The highest BCUT2D eigenvalue weighted by Gasteiger charge is 2.34. The van der Waals surface area contributed by atoms with Crippen LogP contribution in [0, 0.1) is 0 Å². The van der Waals surface area contributed by atoms with Crippen LogP contribution in [-0.4, -0.2) is 19.1 Å². The molecule has 0 spiro atoms. The number of pyridine rings is 2. The zero-order chi connectivity index (χ0) is 45.2. The second kappa shape index (κ2) is 14.7. The lowest BCUT2D eigenvalue weighted by molar-refractivity contribution is 1.10. The molecular formula is C62H38N6S. The van der Waals surface area contributed by atoms with Crippen LogP contribution in [0.25, 0.3) is 98.3 Å². The molecule has 0 saturated carbocycles. The molecular weight excluding hydrogens is 861 g/mol. The lowest BCUT2D eigenvalue weighted by atomic mass is 9.98. The van der Waals surface area contributed by atoms with Crippen LogP contribution in [0.15, 0.2) is 231 Å². The molecule has 0 amide bonds. The molecule has 8 aromatic carbocycles. The summed E-state index contributed by atoms with van der Waals surface area (Å²) < 4.78 is 7.24. The summed E-state index contributed by atoms with van der Waals surface area (Å²) in [6.07, 6.45) is 5.72. The molecule has 15 rings (SSSR count). The smallest absolute Gasteiger partial charge is 0.145 e. The molecule has 6 nitrogen and oxygen atoms in total. The van der Waals surface area contributed by atoms with Gasteiger partial charge in [0, 0.05) is 93.8 Å². The number of hydrogen-bond donors (Lipinski definition) is 0. The molecule has 0 atom stereocenters. The second-order valence-electron chi connectivity index (χ2n) is 17.8. The largest absolute Gasteiger partial charge is 0.309 e. The van der Waals surface area contributed by atoms with Gasteiger partial charge in [-0.25, -0.2) is 4.98 Å². The maximum absolute atomic E-state index is 5.02. The number of rotatable bonds is 4. The Kier molecular flexibility index (Phi) is 8.13. The Labute approximate surface area is 401 Å². The van der Waals surface area contributed by atoms with Gasteiger partial charge in [0.05, 0.1) is 51.5 Å². The number of hydrogen-bond acceptors (Lipinski definition) is 5. The van der Waals surface area contributed by atoms with Gasteiger partial charge in [-0.1, -0.05) is 109 Å². The summed E-state index contributed by atoms with van der Waals surface area (Å²) in [5, 5.41) is 4.78. The van der Waals surface area contributed by atoms with Crippen molar-refractivity contribution in [2.75, 3.05) is 9.80 Å². The van der Waals surface area contributed by atoms with E-state index < -0.39 is 0 Å². The minimum Gasteiger partial charge on any atom is -0.309 e. The minimum absolute atomic E-state index is 0.944. The zero-order valence-electron chi connectivity index (χ0n) is 37.0. The van der Waals surface area contributed by atoms with E-state index in [1.165, 1.54) is 42.2 Å². The topological polar surface area (TPSA) is 42.1 Å². The maximum Gasteiger partial charge on any atom is 0.145 e. The highest BCUT2D eigenvalue weighted by Crippen LogP contribution is 2.57. The molecule has 0 unspecified atom stereocenters. The fraction of sp³-hybridized carbons (Fsp3) is 0. The van der Waals surface area contributed by atoms with Gasteiger partial charge in [0.25, 0.3) is 0 Å². The fourth-order valence-electron chi connectivity index (χ4n) is 11.3.